The molecule has 0 spiro atoms. The van der Waals surface area contributed by atoms with E-state index in [0.29, 0.717) is 11.4 Å². The van der Waals surface area contributed by atoms with Crippen molar-refractivity contribution in [1.82, 2.24) is 15.0 Å². The summed E-state index contributed by atoms with van der Waals surface area (Å²) in [6.07, 6.45) is 3.12. The summed E-state index contributed by atoms with van der Waals surface area (Å²) in [6.45, 7) is 1.95. The summed E-state index contributed by atoms with van der Waals surface area (Å²) in [5.74, 6) is 0. The Morgan fingerprint density at radius 3 is 2.74 bits per heavy atom. The second kappa shape index (κ2) is 4.46. The van der Waals surface area contributed by atoms with Crippen molar-refractivity contribution in [3.63, 3.8) is 0 Å². The molecule has 4 nitrogen and oxygen atoms in total. The summed E-state index contributed by atoms with van der Waals surface area (Å²) in [5.41, 5.74) is 3.67. The minimum Gasteiger partial charge on any atom is -0.253 e. The fraction of sp³-hybridized carbons (Fsp3) is 0.0667. The molecule has 0 saturated carbocycles. The van der Waals surface area contributed by atoms with Gasteiger partial charge in [-0.1, -0.05) is 18.2 Å². The van der Waals surface area contributed by atoms with Crippen molar-refractivity contribution in [3.8, 4) is 17.3 Å². The standard InChI is InChI=1S/C15H10N4/c1-10-5-6-11-12(3-2-4-13(11)19-10)15-14(9-16)17-7-8-18-15/h2-8H,1H3. The molecular weight excluding hydrogens is 236 g/mol. The molecule has 0 N–H and O–H groups in total. The molecule has 0 aliphatic heterocycles. The summed E-state index contributed by atoms with van der Waals surface area (Å²) in [4.78, 5) is 12.8. The van der Waals surface area contributed by atoms with Gasteiger partial charge in [0.05, 0.1) is 5.52 Å². The van der Waals surface area contributed by atoms with Gasteiger partial charge in [-0.05, 0) is 19.1 Å². The van der Waals surface area contributed by atoms with Crippen molar-refractivity contribution in [3.05, 3.63) is 54.1 Å². The lowest BCUT2D eigenvalue weighted by Crippen LogP contribution is -1.93. The number of benzene rings is 1. The highest BCUT2D eigenvalue weighted by Crippen LogP contribution is 2.27. The third-order valence-electron chi connectivity index (χ3n) is 2.93. The van der Waals surface area contributed by atoms with E-state index in [2.05, 4.69) is 21.0 Å². The Hall–Kier alpha value is -2.80. The Balaban J connectivity index is 2.35. The summed E-state index contributed by atoms with van der Waals surface area (Å²) in [5, 5.41) is 10.1. The number of rotatable bonds is 1. The van der Waals surface area contributed by atoms with Crippen molar-refractivity contribution in [2.24, 2.45) is 0 Å². The molecule has 0 radical (unpaired) electrons. The first-order valence-electron chi connectivity index (χ1n) is 5.87. The zero-order valence-corrected chi connectivity index (χ0v) is 10.3. The molecule has 19 heavy (non-hydrogen) atoms. The van der Waals surface area contributed by atoms with E-state index in [1.807, 2.05) is 37.3 Å². The van der Waals surface area contributed by atoms with Crippen LogP contribution in [0.2, 0.25) is 0 Å². The van der Waals surface area contributed by atoms with E-state index < -0.39 is 0 Å². The Labute approximate surface area is 110 Å². The van der Waals surface area contributed by atoms with Crippen molar-refractivity contribution in [2.45, 2.75) is 6.92 Å². The predicted molar refractivity (Wildman–Crippen MR) is 72.2 cm³/mol. The molecular formula is C15H10N4. The van der Waals surface area contributed by atoms with Gasteiger partial charge >= 0.3 is 0 Å². The number of nitriles is 1. The molecule has 4 heteroatoms. The molecule has 0 fully saturated rings. The molecule has 3 rings (SSSR count). The second-order valence-electron chi connectivity index (χ2n) is 4.19. The molecule has 0 saturated heterocycles. The van der Waals surface area contributed by atoms with Gasteiger partial charge in [0, 0.05) is 29.0 Å². The molecule has 3 aromatic rings. The summed E-state index contributed by atoms with van der Waals surface area (Å²) in [7, 11) is 0. The lowest BCUT2D eigenvalue weighted by atomic mass is 10.0. The van der Waals surface area contributed by atoms with Crippen LogP contribution in [0.4, 0.5) is 0 Å². The van der Waals surface area contributed by atoms with Gasteiger partial charge in [-0.25, -0.2) is 4.98 Å². The molecule has 0 aliphatic rings. The lowest BCUT2D eigenvalue weighted by Gasteiger charge is -2.06. The maximum atomic E-state index is 9.13. The van der Waals surface area contributed by atoms with E-state index in [9.17, 15) is 0 Å². The van der Waals surface area contributed by atoms with Crippen LogP contribution >= 0.6 is 0 Å². The van der Waals surface area contributed by atoms with E-state index in [4.69, 9.17) is 5.26 Å². The van der Waals surface area contributed by atoms with Crippen LogP contribution in [-0.2, 0) is 0 Å². The highest BCUT2D eigenvalue weighted by molar-refractivity contribution is 5.94. The van der Waals surface area contributed by atoms with Gasteiger partial charge in [-0.15, -0.1) is 0 Å². The Kier molecular flexibility index (Phi) is 2.66. The average molecular weight is 246 g/mol. The molecule has 90 valence electrons. The topological polar surface area (TPSA) is 62.5 Å². The number of nitrogens with zero attached hydrogens (tertiary/aromatic N) is 4. The minimum atomic E-state index is 0.329. The Bertz CT molecular complexity index is 803. The molecule has 1 aromatic carbocycles. The van der Waals surface area contributed by atoms with Gasteiger partial charge in [0.2, 0.25) is 0 Å². The molecule has 0 amide bonds. The van der Waals surface area contributed by atoms with E-state index in [-0.39, 0.29) is 0 Å². The monoisotopic (exact) mass is 246 g/mol. The molecule has 0 atom stereocenters. The average Bonchev–Trinajstić information content (AvgIpc) is 2.46. The molecule has 0 unspecified atom stereocenters. The van der Waals surface area contributed by atoms with Gasteiger partial charge in [0.15, 0.2) is 5.69 Å². The Morgan fingerprint density at radius 2 is 1.89 bits per heavy atom. The largest absolute Gasteiger partial charge is 0.253 e. The highest BCUT2D eigenvalue weighted by Gasteiger charge is 2.10. The number of aryl methyl sites for hydroxylation is 1. The number of fused-ring (bicyclic) bond motifs is 1. The third-order valence-corrected chi connectivity index (χ3v) is 2.93. The van der Waals surface area contributed by atoms with Crippen molar-refractivity contribution >= 4 is 10.9 Å². The van der Waals surface area contributed by atoms with Gasteiger partial charge in [-0.3, -0.25) is 9.97 Å². The first kappa shape index (κ1) is 11.3. The lowest BCUT2D eigenvalue weighted by molar-refractivity contribution is 1.17. The van der Waals surface area contributed by atoms with Crippen molar-refractivity contribution in [1.29, 1.82) is 5.26 Å². The first-order valence-corrected chi connectivity index (χ1v) is 5.87. The van der Waals surface area contributed by atoms with Gasteiger partial charge in [0.1, 0.15) is 11.8 Å². The van der Waals surface area contributed by atoms with Crippen LogP contribution in [0.5, 0.6) is 0 Å². The van der Waals surface area contributed by atoms with Gasteiger partial charge in [0.25, 0.3) is 0 Å². The fourth-order valence-corrected chi connectivity index (χ4v) is 2.08. The molecule has 2 heterocycles. The zero-order chi connectivity index (χ0) is 13.2. The smallest absolute Gasteiger partial charge is 0.166 e. The van der Waals surface area contributed by atoms with Gasteiger partial charge < -0.3 is 0 Å². The second-order valence-corrected chi connectivity index (χ2v) is 4.19. The minimum absolute atomic E-state index is 0.329. The van der Waals surface area contributed by atoms with Crippen LogP contribution in [0.3, 0.4) is 0 Å². The number of aromatic nitrogens is 3. The summed E-state index contributed by atoms with van der Waals surface area (Å²) >= 11 is 0. The number of hydrogen-bond acceptors (Lipinski definition) is 4. The van der Waals surface area contributed by atoms with Crippen LogP contribution in [0.1, 0.15) is 11.4 Å². The van der Waals surface area contributed by atoms with Crippen molar-refractivity contribution < 1.29 is 0 Å². The normalized spacial score (nSPS) is 10.3. The third kappa shape index (κ3) is 1.91. The van der Waals surface area contributed by atoms with E-state index in [1.54, 1.807) is 6.20 Å². The fourth-order valence-electron chi connectivity index (χ4n) is 2.08. The van der Waals surface area contributed by atoms with Gasteiger partial charge in [-0.2, -0.15) is 5.26 Å². The zero-order valence-electron chi connectivity index (χ0n) is 10.3. The molecule has 0 bridgehead atoms. The number of hydrogen-bond donors (Lipinski definition) is 0. The van der Waals surface area contributed by atoms with Crippen LogP contribution in [0, 0.1) is 18.3 Å². The maximum Gasteiger partial charge on any atom is 0.166 e. The highest BCUT2D eigenvalue weighted by atomic mass is 14.8. The predicted octanol–water partition coefficient (Wildman–Crippen LogP) is 2.87. The summed E-state index contributed by atoms with van der Waals surface area (Å²) in [6, 6.07) is 11.8. The first-order chi connectivity index (χ1) is 9.29. The van der Waals surface area contributed by atoms with E-state index in [1.165, 1.54) is 6.20 Å². The Morgan fingerprint density at radius 1 is 1.05 bits per heavy atom. The number of pyridine rings is 1. The van der Waals surface area contributed by atoms with Crippen LogP contribution in [-0.4, -0.2) is 15.0 Å². The van der Waals surface area contributed by atoms with Crippen LogP contribution < -0.4 is 0 Å². The van der Waals surface area contributed by atoms with E-state index >= 15 is 0 Å². The molecule has 2 aromatic heterocycles. The van der Waals surface area contributed by atoms with Crippen LogP contribution in [0.25, 0.3) is 22.2 Å². The van der Waals surface area contributed by atoms with Crippen LogP contribution in [0.15, 0.2) is 42.7 Å². The quantitative estimate of drug-likeness (QED) is 0.662. The SMILES string of the molecule is Cc1ccc2c(-c3nccnc3C#N)cccc2n1. The maximum absolute atomic E-state index is 9.13. The summed E-state index contributed by atoms with van der Waals surface area (Å²) < 4.78 is 0. The van der Waals surface area contributed by atoms with E-state index in [0.717, 1.165) is 22.2 Å². The molecule has 0 aliphatic carbocycles. The van der Waals surface area contributed by atoms with Crippen molar-refractivity contribution in [2.75, 3.05) is 0 Å².